The molecule has 0 aliphatic carbocycles. The van der Waals surface area contributed by atoms with Crippen molar-refractivity contribution in [1.82, 2.24) is 52.5 Å². The monoisotopic (exact) mass is 1080 g/mol. The maximum absolute atomic E-state index is 13.8. The number of aliphatic carboxylic acids is 4. The Morgan fingerprint density at radius 1 is 0.640 bits per heavy atom. The number of nitrogens with one attached hydrogen (secondary N) is 9. The summed E-state index contributed by atoms with van der Waals surface area (Å²) >= 11 is 0. The Morgan fingerprint density at radius 2 is 1.16 bits per heavy atom. The lowest BCUT2D eigenvalue weighted by Gasteiger charge is -2.28. The van der Waals surface area contributed by atoms with Crippen LogP contribution in [-0.4, -0.2) is 197 Å². The number of carboxylic acids is 4. The summed E-state index contributed by atoms with van der Waals surface area (Å²) in [4.78, 5) is 154. The molecule has 0 fully saturated rings. The van der Waals surface area contributed by atoms with E-state index in [1.165, 1.54) is 19.4 Å². The molecule has 0 saturated heterocycles. The number of rotatable bonds is 29. The van der Waals surface area contributed by atoms with E-state index in [1.54, 1.807) is 30.3 Å². The highest BCUT2D eigenvalue weighted by Gasteiger charge is 2.39. The van der Waals surface area contributed by atoms with Gasteiger partial charge >= 0.3 is 30.1 Å². The van der Waals surface area contributed by atoms with Gasteiger partial charge in [0.2, 0.25) is 47.3 Å². The van der Waals surface area contributed by atoms with Gasteiger partial charge in [-0.2, -0.15) is 13.2 Å². The zero-order valence-electron chi connectivity index (χ0n) is 40.0. The third-order valence-electron chi connectivity index (χ3n) is 9.90. The summed E-state index contributed by atoms with van der Waals surface area (Å²) in [6, 6.07) is -5.20. The van der Waals surface area contributed by atoms with Crippen LogP contribution < -0.4 is 48.3 Å². The number of carbonyl (C=O) groups excluding carboxylic acids is 8. The van der Waals surface area contributed by atoms with Gasteiger partial charge in [0, 0.05) is 31.2 Å². The Bertz CT molecular complexity index is 2310. The molecule has 0 saturated carbocycles. The summed E-state index contributed by atoms with van der Waals surface area (Å²) in [5, 5.41) is 82.8. The van der Waals surface area contributed by atoms with E-state index in [4.69, 9.17) is 20.7 Å². The zero-order chi connectivity index (χ0) is 57.3. The van der Waals surface area contributed by atoms with Crippen molar-refractivity contribution in [3.8, 4) is 0 Å². The summed E-state index contributed by atoms with van der Waals surface area (Å²) in [7, 11) is 0. The van der Waals surface area contributed by atoms with Gasteiger partial charge in [0.25, 0.3) is 0 Å². The summed E-state index contributed by atoms with van der Waals surface area (Å²) in [6.07, 6.45) is -8.03. The number of hydrogen-bond acceptors (Lipinski definition) is 17. The van der Waals surface area contributed by atoms with Crippen molar-refractivity contribution in [1.29, 1.82) is 0 Å². The summed E-state index contributed by atoms with van der Waals surface area (Å²) < 4.78 is 31.7. The molecule has 1 heterocycles. The lowest BCUT2D eigenvalue weighted by Crippen LogP contribution is -2.62. The van der Waals surface area contributed by atoms with E-state index in [9.17, 15) is 91.4 Å². The molecule has 1 aromatic heterocycles. The first kappa shape index (κ1) is 64.7. The number of aliphatic hydroxyl groups excluding tert-OH is 3. The van der Waals surface area contributed by atoms with Crippen LogP contribution in [0.3, 0.4) is 0 Å². The molecule has 2 rings (SSSR count). The molecule has 0 aliphatic heterocycles. The van der Waals surface area contributed by atoms with Gasteiger partial charge < -0.3 is 89.0 Å². The van der Waals surface area contributed by atoms with Crippen molar-refractivity contribution in [2.75, 3.05) is 13.2 Å². The summed E-state index contributed by atoms with van der Waals surface area (Å²) in [5.41, 5.74) is 6.88. The standard InChI is InChI=1S/C40H57N11O17.C2HF3O2/c1-18(45-34(61)23(41)12-22-14-42-17-44-22)33(60)46-24(9-10-29(56)57)35(62)43-15-28(55)50-31(19(2)53)38(65)47-25(11-21-7-5-4-6-8-21)36(63)51-32(20(3)54)39(66)49-27(16-52)37(64)48-26(40(67)68)13-30(58)59;3-2(4,5)1(6)7/h4-8,14,17-20,23-27,31-32,52-54H,9-13,15-16,41H2,1-3H3,(H,42,44)(H,43,62)(H,45,61)(H,46,60)(H,47,65)(H,48,64)(H,49,66)(H,50,55)(H,51,63)(H,56,57)(H,58,59)(H,67,68);(H,6,7)/t18-,19+,20+,23-,24-,25-,26-,27-,31-,32-;/m0./s1. The van der Waals surface area contributed by atoms with Crippen molar-refractivity contribution in [3.63, 3.8) is 0 Å². The predicted molar refractivity (Wildman–Crippen MR) is 244 cm³/mol. The molecular formula is C42H58F3N11O19. The minimum absolute atomic E-state index is 0.0524. The molecule has 0 unspecified atom stereocenters. The Kier molecular flexibility index (Phi) is 27.0. The highest BCUT2D eigenvalue weighted by molar-refractivity contribution is 5.98. The number of carbonyl (C=O) groups is 12. The molecule has 0 spiro atoms. The van der Waals surface area contributed by atoms with Crippen LogP contribution >= 0.6 is 0 Å². The van der Waals surface area contributed by atoms with Crippen molar-refractivity contribution >= 4 is 71.1 Å². The van der Waals surface area contributed by atoms with Crippen LogP contribution in [0.25, 0.3) is 0 Å². The molecule has 8 amide bonds. The number of aromatic nitrogens is 2. The first-order chi connectivity index (χ1) is 34.9. The SMILES string of the molecule is C[C@H](NC(=O)[C@@H](N)Cc1cnc[nH]1)C(=O)N[C@@H](CCC(=O)O)C(=O)NCC(=O)N[C@H](C(=O)N[C@@H](Cc1ccccc1)C(=O)N[C@H](C(=O)N[C@@H](CO)C(=O)N[C@@H](CC(=O)O)C(=O)O)[C@@H](C)O)[C@@H](C)O.O=C(O)C(F)(F)F. The van der Waals surface area contributed by atoms with Gasteiger partial charge in [0.05, 0.1) is 44.1 Å². The van der Waals surface area contributed by atoms with E-state index in [0.717, 1.165) is 13.8 Å². The highest BCUT2D eigenvalue weighted by Crippen LogP contribution is 2.13. The number of imidazole rings is 1. The Hall–Kier alpha value is -8.30. The largest absolute Gasteiger partial charge is 0.490 e. The van der Waals surface area contributed by atoms with E-state index >= 15 is 0 Å². The number of H-pyrrole nitrogens is 1. The van der Waals surface area contributed by atoms with Gasteiger partial charge in [-0.25, -0.2) is 14.6 Å². The molecule has 0 aliphatic rings. The van der Waals surface area contributed by atoms with E-state index in [1.807, 2.05) is 10.6 Å². The van der Waals surface area contributed by atoms with Crippen LogP contribution in [0.15, 0.2) is 42.9 Å². The molecule has 10 atom stereocenters. The predicted octanol–water partition coefficient (Wildman–Crippen LogP) is -6.14. The van der Waals surface area contributed by atoms with Gasteiger partial charge in [-0.3, -0.25) is 47.9 Å². The molecule has 1 aromatic carbocycles. The van der Waals surface area contributed by atoms with E-state index in [0.29, 0.717) is 11.3 Å². The fourth-order valence-electron chi connectivity index (χ4n) is 5.95. The molecule has 2 aromatic rings. The molecule has 33 heteroatoms. The number of nitrogens with two attached hydrogens (primary N) is 1. The average molecular weight is 1080 g/mol. The Labute approximate surface area is 422 Å². The van der Waals surface area contributed by atoms with E-state index < -0.39 is 170 Å². The van der Waals surface area contributed by atoms with E-state index in [-0.39, 0.29) is 12.8 Å². The van der Waals surface area contributed by atoms with Crippen molar-refractivity contribution in [3.05, 3.63) is 54.1 Å². The third kappa shape index (κ3) is 24.3. The van der Waals surface area contributed by atoms with Crippen LogP contribution in [0.2, 0.25) is 0 Å². The number of alkyl halides is 3. The van der Waals surface area contributed by atoms with Crippen LogP contribution in [0, 0.1) is 0 Å². The fraction of sp³-hybridized carbons (Fsp3) is 0.500. The van der Waals surface area contributed by atoms with Crippen molar-refractivity contribution in [2.24, 2.45) is 5.73 Å². The second kappa shape index (κ2) is 31.3. The number of amides is 8. The molecule has 30 nitrogen and oxygen atoms in total. The first-order valence-electron chi connectivity index (χ1n) is 22.0. The number of aliphatic hydroxyl groups is 3. The highest BCUT2D eigenvalue weighted by atomic mass is 19.4. The topological polar surface area (TPSA) is 497 Å². The molecular weight excluding hydrogens is 1020 g/mol. The average Bonchev–Trinajstić information content (AvgIpc) is 3.84. The lowest BCUT2D eigenvalue weighted by atomic mass is 10.0. The number of carboxylic acid groups (broad SMARTS) is 4. The molecule has 0 bridgehead atoms. The number of benzene rings is 1. The number of halogens is 3. The first-order valence-corrected chi connectivity index (χ1v) is 22.0. The normalized spacial score (nSPS) is 15.0. The van der Waals surface area contributed by atoms with Gasteiger partial charge in [-0.05, 0) is 32.8 Å². The molecule has 18 N–H and O–H groups in total. The van der Waals surface area contributed by atoms with Crippen LogP contribution in [0.1, 0.15) is 51.3 Å². The minimum atomic E-state index is -5.08. The van der Waals surface area contributed by atoms with Gasteiger partial charge in [0.1, 0.15) is 42.3 Å². The number of hydrogen-bond donors (Lipinski definition) is 17. The minimum Gasteiger partial charge on any atom is -0.481 e. The molecule has 416 valence electrons. The lowest BCUT2D eigenvalue weighted by molar-refractivity contribution is -0.192. The second-order valence-corrected chi connectivity index (χ2v) is 16.1. The third-order valence-corrected chi connectivity index (χ3v) is 9.90. The maximum atomic E-state index is 13.8. The Morgan fingerprint density at radius 3 is 1.64 bits per heavy atom. The fourth-order valence-corrected chi connectivity index (χ4v) is 5.95. The molecule has 75 heavy (non-hydrogen) atoms. The van der Waals surface area contributed by atoms with Gasteiger partial charge in [-0.1, -0.05) is 30.3 Å². The van der Waals surface area contributed by atoms with E-state index in [2.05, 4.69) is 41.9 Å². The Balaban J connectivity index is 0.00000373. The quantitative estimate of drug-likeness (QED) is 0.0360. The van der Waals surface area contributed by atoms with Gasteiger partial charge in [-0.15, -0.1) is 0 Å². The summed E-state index contributed by atoms with van der Waals surface area (Å²) in [6.45, 7) is 1.39. The number of aromatic amines is 1. The van der Waals surface area contributed by atoms with Gasteiger partial charge in [0.15, 0.2) is 0 Å². The maximum Gasteiger partial charge on any atom is 0.490 e. The smallest absolute Gasteiger partial charge is 0.481 e. The second-order valence-electron chi connectivity index (χ2n) is 16.1. The van der Waals surface area contributed by atoms with Crippen LogP contribution in [-0.2, 0) is 70.4 Å². The molecule has 0 radical (unpaired) electrons. The van der Waals surface area contributed by atoms with Crippen LogP contribution in [0.4, 0.5) is 13.2 Å². The van der Waals surface area contributed by atoms with Crippen molar-refractivity contribution in [2.45, 2.75) is 120 Å². The van der Waals surface area contributed by atoms with Crippen LogP contribution in [0.5, 0.6) is 0 Å². The zero-order valence-corrected chi connectivity index (χ0v) is 40.0. The summed E-state index contributed by atoms with van der Waals surface area (Å²) in [5.74, 6) is -16.1. The number of nitrogens with zero attached hydrogens (tertiary/aromatic N) is 1. The van der Waals surface area contributed by atoms with Crippen molar-refractivity contribution < 1.29 is 106 Å².